The largest absolute Gasteiger partial charge is 0.325 e. The van der Waals surface area contributed by atoms with E-state index in [1.807, 2.05) is 60.7 Å². The summed E-state index contributed by atoms with van der Waals surface area (Å²) >= 11 is 1.25. The highest BCUT2D eigenvalue weighted by Gasteiger charge is 2.16. The molecule has 3 rings (SSSR count). The van der Waals surface area contributed by atoms with Crippen LogP contribution in [0.25, 0.3) is 0 Å². The van der Waals surface area contributed by atoms with Crippen molar-refractivity contribution in [3.8, 4) is 0 Å². The molecule has 0 aliphatic heterocycles. The molecule has 1 N–H and O–H groups in total. The number of nitrogens with zero attached hydrogens (tertiary/aromatic N) is 1. The molecule has 0 saturated heterocycles. The van der Waals surface area contributed by atoms with Gasteiger partial charge in [0.05, 0.1) is 18.1 Å². The Morgan fingerprint density at radius 3 is 2.10 bits per heavy atom. The number of amides is 2. The number of carbonyl (C=O) groups excluding carboxylic acids is 2. The topological polar surface area (TPSA) is 49.4 Å². The van der Waals surface area contributed by atoms with Gasteiger partial charge in [-0.2, -0.15) is 0 Å². The zero-order chi connectivity index (χ0) is 20.5. The minimum atomic E-state index is -0.359. The maximum atomic E-state index is 12.9. The number of anilines is 2. The average molecular weight is 408 g/mol. The maximum absolute atomic E-state index is 12.9. The smallest absolute Gasteiger partial charge is 0.237 e. The first-order valence-electron chi connectivity index (χ1n) is 9.14. The van der Waals surface area contributed by atoms with Crippen LogP contribution in [0.5, 0.6) is 0 Å². The molecule has 29 heavy (non-hydrogen) atoms. The first-order valence-corrected chi connectivity index (χ1v) is 10.3. The predicted molar refractivity (Wildman–Crippen MR) is 116 cm³/mol. The van der Waals surface area contributed by atoms with Crippen LogP contribution in [0.15, 0.2) is 84.9 Å². The first kappa shape index (κ1) is 20.6. The van der Waals surface area contributed by atoms with Crippen molar-refractivity contribution in [2.45, 2.75) is 6.54 Å². The van der Waals surface area contributed by atoms with E-state index in [2.05, 4.69) is 5.32 Å². The van der Waals surface area contributed by atoms with Gasteiger partial charge in [0, 0.05) is 11.4 Å². The van der Waals surface area contributed by atoms with Crippen LogP contribution in [0.2, 0.25) is 0 Å². The van der Waals surface area contributed by atoms with Crippen LogP contribution >= 0.6 is 11.8 Å². The highest BCUT2D eigenvalue weighted by molar-refractivity contribution is 8.00. The Labute approximate surface area is 173 Å². The van der Waals surface area contributed by atoms with Gasteiger partial charge in [-0.25, -0.2) is 4.39 Å². The molecule has 0 atom stereocenters. The molecule has 148 valence electrons. The Kier molecular flexibility index (Phi) is 7.41. The van der Waals surface area contributed by atoms with Crippen molar-refractivity contribution in [3.05, 3.63) is 96.3 Å². The van der Waals surface area contributed by atoms with Gasteiger partial charge in [0.15, 0.2) is 0 Å². The van der Waals surface area contributed by atoms with E-state index in [0.29, 0.717) is 12.2 Å². The van der Waals surface area contributed by atoms with Crippen molar-refractivity contribution in [1.82, 2.24) is 0 Å². The third-order valence-corrected chi connectivity index (χ3v) is 5.06. The summed E-state index contributed by atoms with van der Waals surface area (Å²) in [6, 6.07) is 24.8. The van der Waals surface area contributed by atoms with E-state index >= 15 is 0 Å². The van der Waals surface area contributed by atoms with Gasteiger partial charge in [0.25, 0.3) is 0 Å². The third-order valence-electron chi connectivity index (χ3n) is 4.14. The molecule has 0 heterocycles. The fraction of sp³-hybridized carbons (Fsp3) is 0.130. The Hall–Kier alpha value is -3.12. The number of hydrogen-bond acceptors (Lipinski definition) is 3. The lowest BCUT2D eigenvalue weighted by Gasteiger charge is -2.23. The van der Waals surface area contributed by atoms with E-state index in [9.17, 15) is 14.0 Å². The minimum Gasteiger partial charge on any atom is -0.325 e. The summed E-state index contributed by atoms with van der Waals surface area (Å²) in [6.07, 6.45) is 0. The molecule has 0 bridgehead atoms. The van der Waals surface area contributed by atoms with Gasteiger partial charge in [-0.3, -0.25) is 9.59 Å². The average Bonchev–Trinajstić information content (AvgIpc) is 2.75. The lowest BCUT2D eigenvalue weighted by atomic mass is 10.2. The SMILES string of the molecule is O=C(CSCC(=O)N(Cc1ccccc1)c1ccccc1)Nc1ccc(F)cc1. The molecule has 0 spiro atoms. The van der Waals surface area contributed by atoms with Crippen molar-refractivity contribution in [1.29, 1.82) is 0 Å². The van der Waals surface area contributed by atoms with Crippen molar-refractivity contribution in [2.75, 3.05) is 21.7 Å². The summed E-state index contributed by atoms with van der Waals surface area (Å²) in [5, 5.41) is 2.69. The zero-order valence-electron chi connectivity index (χ0n) is 15.8. The molecule has 0 unspecified atom stereocenters. The van der Waals surface area contributed by atoms with Gasteiger partial charge in [-0.05, 0) is 42.0 Å². The third kappa shape index (κ3) is 6.47. The number of thioether (sulfide) groups is 1. The first-order chi connectivity index (χ1) is 14.1. The van der Waals surface area contributed by atoms with Gasteiger partial charge in [0.1, 0.15) is 5.82 Å². The molecule has 3 aromatic rings. The molecule has 3 aromatic carbocycles. The highest BCUT2D eigenvalue weighted by atomic mass is 32.2. The van der Waals surface area contributed by atoms with E-state index < -0.39 is 0 Å². The molecule has 0 saturated carbocycles. The molecule has 2 amide bonds. The Morgan fingerprint density at radius 1 is 0.828 bits per heavy atom. The van der Waals surface area contributed by atoms with E-state index in [1.165, 1.54) is 36.0 Å². The summed E-state index contributed by atoms with van der Waals surface area (Å²) in [6.45, 7) is 0.464. The fourth-order valence-corrected chi connectivity index (χ4v) is 3.43. The highest BCUT2D eigenvalue weighted by Crippen LogP contribution is 2.19. The molecule has 0 aliphatic carbocycles. The van der Waals surface area contributed by atoms with Gasteiger partial charge >= 0.3 is 0 Å². The maximum Gasteiger partial charge on any atom is 0.237 e. The van der Waals surface area contributed by atoms with Crippen molar-refractivity contribution in [2.24, 2.45) is 0 Å². The van der Waals surface area contributed by atoms with Crippen molar-refractivity contribution < 1.29 is 14.0 Å². The monoisotopic (exact) mass is 408 g/mol. The summed E-state index contributed by atoms with van der Waals surface area (Å²) in [5.74, 6) is -0.346. The molecule has 6 heteroatoms. The predicted octanol–water partition coefficient (Wildman–Crippen LogP) is 4.73. The van der Waals surface area contributed by atoms with E-state index in [-0.39, 0.29) is 29.1 Å². The van der Waals surface area contributed by atoms with E-state index in [0.717, 1.165) is 11.3 Å². The van der Waals surface area contributed by atoms with Crippen LogP contribution < -0.4 is 10.2 Å². The number of para-hydroxylation sites is 1. The number of benzene rings is 3. The summed E-state index contributed by atoms with van der Waals surface area (Å²) in [4.78, 5) is 26.6. The molecule has 0 aliphatic rings. The standard InChI is InChI=1S/C23H21FN2O2S/c24-19-11-13-20(14-12-19)25-22(27)16-29-17-23(28)26(21-9-5-2-6-10-21)15-18-7-3-1-4-8-18/h1-14H,15-17H2,(H,25,27). The van der Waals surface area contributed by atoms with Crippen LogP contribution in [0.4, 0.5) is 15.8 Å². The molecule has 0 fully saturated rings. The molecular weight excluding hydrogens is 387 g/mol. The minimum absolute atomic E-state index is 0.0698. The van der Waals surface area contributed by atoms with Gasteiger partial charge in [0.2, 0.25) is 11.8 Å². The molecular formula is C23H21FN2O2S. The summed E-state index contributed by atoms with van der Waals surface area (Å²) in [7, 11) is 0. The number of halogens is 1. The number of rotatable bonds is 8. The second-order valence-corrected chi connectivity index (χ2v) is 7.33. The summed E-state index contributed by atoms with van der Waals surface area (Å²) < 4.78 is 12.9. The van der Waals surface area contributed by atoms with Gasteiger partial charge in [-0.15, -0.1) is 11.8 Å². The Balaban J connectivity index is 1.56. The van der Waals surface area contributed by atoms with Crippen LogP contribution in [0.1, 0.15) is 5.56 Å². The van der Waals surface area contributed by atoms with E-state index in [4.69, 9.17) is 0 Å². The second kappa shape index (κ2) is 10.4. The second-order valence-electron chi connectivity index (χ2n) is 6.35. The Morgan fingerprint density at radius 2 is 1.45 bits per heavy atom. The van der Waals surface area contributed by atoms with Crippen molar-refractivity contribution >= 4 is 35.0 Å². The number of hydrogen-bond donors (Lipinski definition) is 1. The quantitative estimate of drug-likeness (QED) is 0.586. The van der Waals surface area contributed by atoms with E-state index in [1.54, 1.807) is 4.90 Å². The van der Waals surface area contributed by atoms with Gasteiger partial charge in [-0.1, -0.05) is 48.5 Å². The number of carbonyl (C=O) groups is 2. The molecule has 4 nitrogen and oxygen atoms in total. The normalized spacial score (nSPS) is 10.4. The lowest BCUT2D eigenvalue weighted by molar-refractivity contribution is -0.116. The van der Waals surface area contributed by atoms with Crippen LogP contribution in [0.3, 0.4) is 0 Å². The van der Waals surface area contributed by atoms with Gasteiger partial charge < -0.3 is 10.2 Å². The molecule has 0 aromatic heterocycles. The fourth-order valence-electron chi connectivity index (χ4n) is 2.74. The Bertz CT molecular complexity index is 934. The van der Waals surface area contributed by atoms with Crippen LogP contribution in [-0.2, 0) is 16.1 Å². The molecule has 0 radical (unpaired) electrons. The van der Waals surface area contributed by atoms with Crippen LogP contribution in [0, 0.1) is 5.82 Å². The van der Waals surface area contributed by atoms with Crippen LogP contribution in [-0.4, -0.2) is 23.3 Å². The zero-order valence-corrected chi connectivity index (χ0v) is 16.6. The number of nitrogens with one attached hydrogen (secondary N) is 1. The summed E-state index contributed by atoms with van der Waals surface area (Å²) in [5.41, 5.74) is 2.37. The van der Waals surface area contributed by atoms with Crippen molar-refractivity contribution in [3.63, 3.8) is 0 Å². The lowest BCUT2D eigenvalue weighted by Crippen LogP contribution is -2.32.